The number of aliphatic hydroxyl groups is 1. The van der Waals surface area contributed by atoms with Gasteiger partial charge >= 0.3 is 39.5 Å². The second-order valence-corrected chi connectivity index (χ2v) is 30.2. The van der Waals surface area contributed by atoms with Crippen LogP contribution >= 0.6 is 15.6 Å². The molecule has 0 spiro atoms. The van der Waals surface area contributed by atoms with E-state index in [0.717, 1.165) is 161 Å². The van der Waals surface area contributed by atoms with Crippen LogP contribution in [0.4, 0.5) is 0 Å². The summed E-state index contributed by atoms with van der Waals surface area (Å²) in [6.07, 6.45) is 114. The van der Waals surface area contributed by atoms with E-state index in [2.05, 4.69) is 246 Å². The molecule has 19 heteroatoms. The molecule has 0 aliphatic rings. The smallest absolute Gasteiger partial charge is 0.462 e. The van der Waals surface area contributed by atoms with Gasteiger partial charge in [0.05, 0.1) is 26.4 Å². The molecule has 648 valence electrons. The number of ether oxygens (including phenoxy) is 4. The number of aliphatic hydroxyl groups excluding tert-OH is 1. The van der Waals surface area contributed by atoms with Crippen LogP contribution in [0, 0.1) is 0 Å². The van der Waals surface area contributed by atoms with Crippen molar-refractivity contribution in [1.82, 2.24) is 0 Å². The SMILES string of the molecule is CC/C=C\C/C=C\C/C=C\C/C=C\C/C=C\C/C=C\CCC(=O)OC[C@H](COP(=O)(O)OC[C@@H](O)COP(=O)(O)OC[C@@H](COC(=O)CC/C=C\C/C=C\C/C=C\C/C=C\C/C=C\CCCCC)OC(=O)CCCCC/C=C\C/C=C\C/C=C\C/C=C\C/C=C\CC)OC(=O)CCCCC/C=C\C/C=C\C/C=C\C/C=C\C/C=C\CC. The Kier molecular flexibility index (Phi) is 80.0. The van der Waals surface area contributed by atoms with Gasteiger partial charge in [-0.15, -0.1) is 0 Å². The molecule has 0 aromatic heterocycles. The number of phosphoric acid groups is 2. The molecule has 0 aliphatic carbocycles. The summed E-state index contributed by atoms with van der Waals surface area (Å²) in [6.45, 7) is 4.22. The summed E-state index contributed by atoms with van der Waals surface area (Å²) < 4.78 is 68.6. The van der Waals surface area contributed by atoms with Gasteiger partial charge in [0.15, 0.2) is 12.2 Å². The molecular formula is C97H148O17P2. The first-order valence-corrected chi connectivity index (χ1v) is 45.9. The Labute approximate surface area is 700 Å². The predicted molar refractivity (Wildman–Crippen MR) is 481 cm³/mol. The quantitative estimate of drug-likeness (QED) is 0.0169. The van der Waals surface area contributed by atoms with E-state index in [1.807, 2.05) is 36.5 Å². The van der Waals surface area contributed by atoms with Gasteiger partial charge in [-0.25, -0.2) is 9.13 Å². The Morgan fingerprint density at radius 2 is 0.466 bits per heavy atom. The van der Waals surface area contributed by atoms with Crippen LogP contribution in [0.1, 0.15) is 272 Å². The van der Waals surface area contributed by atoms with Gasteiger partial charge in [0, 0.05) is 25.7 Å². The van der Waals surface area contributed by atoms with Gasteiger partial charge < -0.3 is 33.8 Å². The molecule has 116 heavy (non-hydrogen) atoms. The van der Waals surface area contributed by atoms with Crippen molar-refractivity contribution in [3.63, 3.8) is 0 Å². The third kappa shape index (κ3) is 84.5. The minimum atomic E-state index is -5.03. The van der Waals surface area contributed by atoms with Crippen molar-refractivity contribution in [2.45, 2.75) is 290 Å². The van der Waals surface area contributed by atoms with Gasteiger partial charge in [-0.1, -0.05) is 309 Å². The molecule has 0 saturated heterocycles. The molecule has 0 amide bonds. The minimum Gasteiger partial charge on any atom is -0.462 e. The molecule has 0 aliphatic heterocycles. The maximum Gasteiger partial charge on any atom is 0.472 e. The van der Waals surface area contributed by atoms with Crippen LogP contribution in [0.3, 0.4) is 0 Å². The van der Waals surface area contributed by atoms with E-state index < -0.39 is 97.5 Å². The molecule has 17 nitrogen and oxygen atoms in total. The first kappa shape index (κ1) is 109. The van der Waals surface area contributed by atoms with Crippen molar-refractivity contribution >= 4 is 39.5 Å². The average Bonchev–Trinajstić information content (AvgIpc) is 0.898. The predicted octanol–water partition coefficient (Wildman–Crippen LogP) is 26.1. The Morgan fingerprint density at radius 3 is 0.707 bits per heavy atom. The molecule has 0 rings (SSSR count). The van der Waals surface area contributed by atoms with Crippen molar-refractivity contribution in [2.24, 2.45) is 0 Å². The maximum atomic E-state index is 13.2. The summed E-state index contributed by atoms with van der Waals surface area (Å²) in [5.41, 5.74) is 0. The number of hydrogen-bond acceptors (Lipinski definition) is 15. The Bertz CT molecular complexity index is 3210. The molecule has 0 fully saturated rings. The number of allylic oxidation sites excluding steroid dienone is 42. The summed E-state index contributed by atoms with van der Waals surface area (Å²) in [5, 5.41) is 10.7. The highest BCUT2D eigenvalue weighted by atomic mass is 31.2. The Hall–Kier alpha value is -7.40. The van der Waals surface area contributed by atoms with Crippen LogP contribution in [0.2, 0.25) is 0 Å². The summed E-state index contributed by atoms with van der Waals surface area (Å²) in [5.74, 6) is -2.48. The fourth-order valence-corrected chi connectivity index (χ4v) is 11.7. The molecule has 5 atom stereocenters. The minimum absolute atomic E-state index is 0.0141. The van der Waals surface area contributed by atoms with Gasteiger partial charge in [-0.2, -0.15) is 0 Å². The van der Waals surface area contributed by atoms with Crippen LogP contribution in [-0.2, 0) is 65.4 Å². The molecule has 0 aromatic carbocycles. The maximum absolute atomic E-state index is 13.2. The largest absolute Gasteiger partial charge is 0.472 e. The van der Waals surface area contributed by atoms with Gasteiger partial charge in [-0.3, -0.25) is 37.3 Å². The number of unbranched alkanes of at least 4 members (excludes halogenated alkanes) is 9. The fraction of sp³-hybridized carbons (Fsp3) is 0.526. The summed E-state index contributed by atoms with van der Waals surface area (Å²) in [4.78, 5) is 73.3. The second kappa shape index (κ2) is 85.5. The summed E-state index contributed by atoms with van der Waals surface area (Å²) in [7, 11) is -10.1. The average molecular weight is 1650 g/mol. The van der Waals surface area contributed by atoms with Gasteiger partial charge in [0.25, 0.3) is 0 Å². The molecule has 2 unspecified atom stereocenters. The zero-order valence-electron chi connectivity index (χ0n) is 71.0. The third-order valence-corrected chi connectivity index (χ3v) is 18.4. The molecule has 0 bridgehead atoms. The summed E-state index contributed by atoms with van der Waals surface area (Å²) in [6, 6.07) is 0. The number of esters is 4. The van der Waals surface area contributed by atoms with E-state index in [-0.39, 0.29) is 25.7 Å². The van der Waals surface area contributed by atoms with E-state index in [0.29, 0.717) is 38.5 Å². The highest BCUT2D eigenvalue weighted by Gasteiger charge is 2.30. The van der Waals surface area contributed by atoms with Crippen LogP contribution < -0.4 is 0 Å². The van der Waals surface area contributed by atoms with E-state index in [1.165, 1.54) is 19.3 Å². The Balaban J connectivity index is 5.64. The van der Waals surface area contributed by atoms with E-state index in [4.69, 9.17) is 37.0 Å². The third-order valence-electron chi connectivity index (χ3n) is 16.5. The first-order chi connectivity index (χ1) is 56.7. The number of carbonyl (C=O) groups is 4. The van der Waals surface area contributed by atoms with Crippen LogP contribution in [0.25, 0.3) is 0 Å². The lowest BCUT2D eigenvalue weighted by molar-refractivity contribution is -0.161. The van der Waals surface area contributed by atoms with Crippen molar-refractivity contribution in [2.75, 3.05) is 39.6 Å². The molecule has 3 N–H and O–H groups in total. The molecule has 0 saturated carbocycles. The van der Waals surface area contributed by atoms with Crippen molar-refractivity contribution in [3.8, 4) is 0 Å². The number of phosphoric ester groups is 2. The molecular weight excluding hydrogens is 1500 g/mol. The normalized spacial score (nSPS) is 15.0. The lowest BCUT2D eigenvalue weighted by atomic mass is 10.1. The topological polar surface area (TPSA) is 237 Å². The monoisotopic (exact) mass is 1650 g/mol. The van der Waals surface area contributed by atoms with Crippen molar-refractivity contribution < 1.29 is 80.2 Å². The Morgan fingerprint density at radius 1 is 0.250 bits per heavy atom. The first-order valence-electron chi connectivity index (χ1n) is 42.9. The standard InChI is InChI=1S/C97H148O17P2/c1-5-9-13-17-21-25-29-33-37-41-45-49-53-57-61-65-69-73-77-81-94(99)107-87-92(113-96(101)83-79-75-71-67-63-59-55-51-47-43-39-35-31-27-23-19-15-11-7-3)89-111-115(103,104)109-85-91(98)86-110-116(105,106)112-90-93(114-97(102)84-80-76-72-68-64-60-56-52-48-44-40-36-32-28-24-20-16-12-8-4)88-108-95(100)82-78-74-70-66-62-58-54-50-46-42-38-34-30-26-22-18-14-10-6-2/h9,11-13,15-16,21-28,33-40,45-52,57-64,69-70,73-74,91-93,98H,5-8,10,14,17-20,29-32,41-44,53-56,65-68,71-72,75-90H2,1-4H3,(H,103,104)(H,105,106)/b13-9-,15-11-,16-12-,25-21-,26-22-,27-23-,28-24-,37-33-,38-34-,39-35-,40-36-,49-45-,50-46-,51-47-,52-48-,61-57-,62-58-,63-59-,64-60-,73-69-,74-70-/t91-,92-,93-/m1/s1. The van der Waals surface area contributed by atoms with Crippen LogP contribution in [-0.4, -0.2) is 96.7 Å². The molecule has 0 radical (unpaired) electrons. The number of carbonyl (C=O) groups excluding carboxylic acids is 4. The second-order valence-electron chi connectivity index (χ2n) is 27.3. The fourth-order valence-electron chi connectivity index (χ4n) is 10.1. The number of rotatable bonds is 77. The van der Waals surface area contributed by atoms with Crippen LogP contribution in [0.15, 0.2) is 255 Å². The van der Waals surface area contributed by atoms with Gasteiger partial charge in [0.1, 0.15) is 19.3 Å². The summed E-state index contributed by atoms with van der Waals surface area (Å²) >= 11 is 0. The van der Waals surface area contributed by atoms with Gasteiger partial charge in [0.2, 0.25) is 0 Å². The van der Waals surface area contributed by atoms with Crippen molar-refractivity contribution in [1.29, 1.82) is 0 Å². The molecule has 0 aromatic rings. The highest BCUT2D eigenvalue weighted by molar-refractivity contribution is 7.47. The van der Waals surface area contributed by atoms with E-state index in [9.17, 15) is 43.2 Å². The van der Waals surface area contributed by atoms with Crippen LogP contribution in [0.5, 0.6) is 0 Å². The van der Waals surface area contributed by atoms with E-state index in [1.54, 1.807) is 0 Å². The lowest BCUT2D eigenvalue weighted by Gasteiger charge is -2.21. The zero-order chi connectivity index (χ0) is 84.5. The lowest BCUT2D eigenvalue weighted by Crippen LogP contribution is -2.30. The van der Waals surface area contributed by atoms with Gasteiger partial charge in [-0.05, 0) is 193 Å². The zero-order valence-corrected chi connectivity index (χ0v) is 72.8. The van der Waals surface area contributed by atoms with E-state index >= 15 is 0 Å². The van der Waals surface area contributed by atoms with Crippen molar-refractivity contribution in [3.05, 3.63) is 255 Å². The number of hydrogen-bond donors (Lipinski definition) is 3. The highest BCUT2D eigenvalue weighted by Crippen LogP contribution is 2.45. The molecule has 0 heterocycles.